The van der Waals surface area contributed by atoms with Gasteiger partial charge in [0.2, 0.25) is 0 Å². The molecule has 0 fully saturated rings. The Morgan fingerprint density at radius 3 is 2.64 bits per heavy atom. The number of anilines is 2. The van der Waals surface area contributed by atoms with E-state index in [0.717, 1.165) is 22.3 Å². The molecule has 25 heavy (non-hydrogen) atoms. The first kappa shape index (κ1) is 16.8. The van der Waals surface area contributed by atoms with Crippen LogP contribution in [-0.4, -0.2) is 33.5 Å². The predicted octanol–water partition coefficient (Wildman–Crippen LogP) is 2.81. The van der Waals surface area contributed by atoms with Crippen LogP contribution in [0.2, 0.25) is 0 Å². The Balaban J connectivity index is 1.76. The van der Waals surface area contributed by atoms with E-state index in [1.165, 1.54) is 11.2 Å². The number of aromatic nitrogens is 2. The second-order valence-corrected chi connectivity index (χ2v) is 6.40. The highest BCUT2D eigenvalue weighted by Crippen LogP contribution is 2.30. The van der Waals surface area contributed by atoms with Gasteiger partial charge in [-0.15, -0.1) is 11.3 Å². The lowest BCUT2D eigenvalue weighted by Gasteiger charge is -2.07. The molecule has 2 heterocycles. The highest BCUT2D eigenvalue weighted by molar-refractivity contribution is 7.18. The van der Waals surface area contributed by atoms with Crippen LogP contribution in [0, 0.1) is 0 Å². The number of aryl methyl sites for hydroxylation is 1. The van der Waals surface area contributed by atoms with Crippen molar-refractivity contribution in [2.24, 2.45) is 0 Å². The second kappa shape index (κ2) is 7.27. The van der Waals surface area contributed by atoms with E-state index in [1.807, 2.05) is 0 Å². The predicted molar refractivity (Wildman–Crippen MR) is 96.5 cm³/mol. The molecular formula is C17H16N4O3S. The van der Waals surface area contributed by atoms with E-state index in [9.17, 15) is 9.59 Å². The molecule has 0 saturated heterocycles. The first-order valence-corrected chi connectivity index (χ1v) is 8.49. The molecule has 0 atom stereocenters. The molecule has 0 aliphatic rings. The Kier molecular flexibility index (Phi) is 4.90. The van der Waals surface area contributed by atoms with Crippen LogP contribution < -0.4 is 10.6 Å². The maximum atomic E-state index is 11.8. The number of benzene rings is 1. The first-order chi connectivity index (χ1) is 12.1. The summed E-state index contributed by atoms with van der Waals surface area (Å²) in [5.74, 6) is -0.797. The molecule has 7 nitrogen and oxygen atoms in total. The molecule has 0 radical (unpaired) electrons. The summed E-state index contributed by atoms with van der Waals surface area (Å²) in [5.41, 5.74) is 1.17. The zero-order valence-electron chi connectivity index (χ0n) is 13.4. The van der Waals surface area contributed by atoms with E-state index in [1.54, 1.807) is 35.6 Å². The van der Waals surface area contributed by atoms with Crippen molar-refractivity contribution in [1.82, 2.24) is 15.3 Å². The van der Waals surface area contributed by atoms with Crippen LogP contribution in [0.5, 0.6) is 0 Å². The third-order valence-electron chi connectivity index (χ3n) is 3.54. The summed E-state index contributed by atoms with van der Waals surface area (Å²) in [4.78, 5) is 33.1. The maximum absolute atomic E-state index is 11.8. The molecule has 3 aromatic rings. The van der Waals surface area contributed by atoms with E-state index >= 15 is 0 Å². The summed E-state index contributed by atoms with van der Waals surface area (Å²) in [6.45, 7) is 1.69. The van der Waals surface area contributed by atoms with Gasteiger partial charge in [-0.05, 0) is 36.8 Å². The van der Waals surface area contributed by atoms with Crippen LogP contribution in [-0.2, 0) is 11.2 Å². The monoisotopic (exact) mass is 356 g/mol. The summed E-state index contributed by atoms with van der Waals surface area (Å²) in [6.07, 6.45) is 2.47. The van der Waals surface area contributed by atoms with Crippen LogP contribution in [0.25, 0.3) is 10.2 Å². The van der Waals surface area contributed by atoms with Crippen molar-refractivity contribution in [3.8, 4) is 0 Å². The zero-order chi connectivity index (χ0) is 17.8. The summed E-state index contributed by atoms with van der Waals surface area (Å²) < 4.78 is 0. The molecule has 128 valence electrons. The molecule has 0 unspecified atom stereocenters. The van der Waals surface area contributed by atoms with Crippen LogP contribution >= 0.6 is 11.3 Å². The highest BCUT2D eigenvalue weighted by atomic mass is 32.1. The van der Waals surface area contributed by atoms with Gasteiger partial charge in [0.25, 0.3) is 5.91 Å². The van der Waals surface area contributed by atoms with Gasteiger partial charge in [-0.1, -0.05) is 6.92 Å². The zero-order valence-corrected chi connectivity index (χ0v) is 14.3. The molecule has 3 N–H and O–H groups in total. The minimum atomic E-state index is -1.08. The van der Waals surface area contributed by atoms with Gasteiger partial charge in [0.1, 0.15) is 23.5 Å². The standard InChI is InChI=1S/C17H16N4O3S/c1-2-12-7-13-15(19-9-20-17(13)25-12)21-11-5-3-10(4-6-11)16(24)18-8-14(22)23/h3-7,9H,2,8H2,1H3,(H,18,24)(H,22,23)(H,19,20,21). The van der Waals surface area contributed by atoms with Crippen molar-refractivity contribution in [2.75, 3.05) is 11.9 Å². The van der Waals surface area contributed by atoms with E-state index in [2.05, 4.69) is 33.6 Å². The number of carbonyl (C=O) groups is 2. The molecule has 0 aliphatic carbocycles. The van der Waals surface area contributed by atoms with E-state index in [4.69, 9.17) is 5.11 Å². The van der Waals surface area contributed by atoms with Crippen molar-refractivity contribution in [2.45, 2.75) is 13.3 Å². The fourth-order valence-electron chi connectivity index (χ4n) is 2.28. The highest BCUT2D eigenvalue weighted by Gasteiger charge is 2.10. The third-order valence-corrected chi connectivity index (χ3v) is 4.73. The van der Waals surface area contributed by atoms with Crippen molar-refractivity contribution in [3.63, 3.8) is 0 Å². The van der Waals surface area contributed by atoms with Crippen LogP contribution in [0.4, 0.5) is 11.5 Å². The Labute approximate surface area is 147 Å². The number of amides is 1. The number of thiophene rings is 1. The average Bonchev–Trinajstić information content (AvgIpc) is 3.05. The van der Waals surface area contributed by atoms with Crippen molar-refractivity contribution >= 4 is 44.9 Å². The number of fused-ring (bicyclic) bond motifs is 1. The number of carboxylic acid groups (broad SMARTS) is 1. The van der Waals surface area contributed by atoms with Crippen molar-refractivity contribution in [3.05, 3.63) is 47.1 Å². The molecule has 0 bridgehead atoms. The molecule has 2 aromatic heterocycles. The Morgan fingerprint density at radius 1 is 1.20 bits per heavy atom. The van der Waals surface area contributed by atoms with Gasteiger partial charge in [0.05, 0.1) is 5.39 Å². The minimum absolute atomic E-state index is 0.392. The summed E-state index contributed by atoms with van der Waals surface area (Å²) in [7, 11) is 0. The van der Waals surface area contributed by atoms with Gasteiger partial charge in [-0.3, -0.25) is 9.59 Å². The fraction of sp³-hybridized carbons (Fsp3) is 0.176. The molecule has 0 aliphatic heterocycles. The normalized spacial score (nSPS) is 10.6. The number of rotatable bonds is 6. The van der Waals surface area contributed by atoms with Crippen molar-refractivity contribution in [1.29, 1.82) is 0 Å². The number of aliphatic carboxylic acids is 1. The lowest BCUT2D eigenvalue weighted by molar-refractivity contribution is -0.135. The van der Waals surface area contributed by atoms with Crippen molar-refractivity contribution < 1.29 is 14.7 Å². The van der Waals surface area contributed by atoms with E-state index in [0.29, 0.717) is 11.4 Å². The fourth-order valence-corrected chi connectivity index (χ4v) is 3.21. The number of hydrogen-bond acceptors (Lipinski definition) is 6. The number of nitrogens with zero attached hydrogens (tertiary/aromatic N) is 2. The lowest BCUT2D eigenvalue weighted by Crippen LogP contribution is -2.29. The Morgan fingerprint density at radius 2 is 1.96 bits per heavy atom. The molecule has 3 rings (SSSR count). The maximum Gasteiger partial charge on any atom is 0.322 e. The number of nitrogens with one attached hydrogen (secondary N) is 2. The molecule has 8 heteroatoms. The van der Waals surface area contributed by atoms with Gasteiger partial charge in [-0.2, -0.15) is 0 Å². The quantitative estimate of drug-likeness (QED) is 0.627. The SMILES string of the molecule is CCc1cc2c(Nc3ccc(C(=O)NCC(=O)O)cc3)ncnc2s1. The topological polar surface area (TPSA) is 104 Å². The second-order valence-electron chi connectivity index (χ2n) is 5.29. The summed E-state index contributed by atoms with van der Waals surface area (Å²) >= 11 is 1.64. The number of carboxylic acids is 1. The van der Waals surface area contributed by atoms with Gasteiger partial charge in [0, 0.05) is 16.1 Å². The van der Waals surface area contributed by atoms with E-state index < -0.39 is 18.4 Å². The number of carbonyl (C=O) groups excluding carboxylic acids is 1. The third kappa shape index (κ3) is 3.92. The molecular weight excluding hydrogens is 340 g/mol. The van der Waals surface area contributed by atoms with Crippen LogP contribution in [0.3, 0.4) is 0 Å². The van der Waals surface area contributed by atoms with Gasteiger partial charge in [-0.25, -0.2) is 9.97 Å². The van der Waals surface area contributed by atoms with Gasteiger partial charge < -0.3 is 15.7 Å². The smallest absolute Gasteiger partial charge is 0.322 e. The average molecular weight is 356 g/mol. The Hall–Kier alpha value is -3.00. The molecule has 1 amide bonds. The van der Waals surface area contributed by atoms with Crippen LogP contribution in [0.15, 0.2) is 36.7 Å². The first-order valence-electron chi connectivity index (χ1n) is 7.67. The summed E-state index contributed by atoms with van der Waals surface area (Å²) in [5, 5.41) is 15.1. The number of hydrogen-bond donors (Lipinski definition) is 3. The largest absolute Gasteiger partial charge is 0.480 e. The Bertz CT molecular complexity index is 921. The van der Waals surface area contributed by atoms with Gasteiger partial charge >= 0.3 is 5.97 Å². The van der Waals surface area contributed by atoms with E-state index in [-0.39, 0.29) is 0 Å². The lowest BCUT2D eigenvalue weighted by atomic mass is 10.2. The van der Waals surface area contributed by atoms with Crippen LogP contribution in [0.1, 0.15) is 22.2 Å². The molecule has 0 saturated carbocycles. The summed E-state index contributed by atoms with van der Waals surface area (Å²) in [6, 6.07) is 8.83. The van der Waals surface area contributed by atoms with Gasteiger partial charge in [0.15, 0.2) is 0 Å². The molecule has 1 aromatic carbocycles. The minimum Gasteiger partial charge on any atom is -0.480 e. The molecule has 0 spiro atoms.